The normalized spacial score (nSPS) is 11.2. The number of guanidine groups is 1. The van der Waals surface area contributed by atoms with Gasteiger partial charge in [0.1, 0.15) is 0 Å². The predicted octanol–water partition coefficient (Wildman–Crippen LogP) is 2.18. The zero-order valence-electron chi connectivity index (χ0n) is 12.4. The van der Waals surface area contributed by atoms with E-state index in [0.29, 0.717) is 18.1 Å². The molecule has 5 nitrogen and oxygen atoms in total. The first-order chi connectivity index (χ1) is 10.7. The molecule has 0 spiro atoms. The fraction of sp³-hybridized carbons (Fsp3) is 0.250. The molecule has 0 amide bonds. The molecule has 2 rings (SSSR count). The zero-order valence-corrected chi connectivity index (χ0v) is 13.2. The molecule has 0 radical (unpaired) electrons. The molecule has 1 heterocycles. The van der Waals surface area contributed by atoms with E-state index < -0.39 is 0 Å². The molecule has 3 N–H and O–H groups in total. The van der Waals surface area contributed by atoms with E-state index in [1.54, 1.807) is 29.5 Å². The van der Waals surface area contributed by atoms with Crippen LogP contribution >= 0.6 is 11.3 Å². The van der Waals surface area contributed by atoms with Crippen LogP contribution in [0.5, 0.6) is 0 Å². The third kappa shape index (κ3) is 4.89. The van der Waals surface area contributed by atoms with Gasteiger partial charge in [-0.25, -0.2) is 9.79 Å². The maximum Gasteiger partial charge on any atom is 0.337 e. The Morgan fingerprint density at radius 3 is 2.95 bits per heavy atom. The van der Waals surface area contributed by atoms with E-state index in [1.807, 2.05) is 12.1 Å². The lowest BCUT2D eigenvalue weighted by Gasteiger charge is -2.05. The van der Waals surface area contributed by atoms with Crippen molar-refractivity contribution in [3.8, 4) is 0 Å². The molecule has 1 aromatic heterocycles. The van der Waals surface area contributed by atoms with Crippen molar-refractivity contribution in [3.63, 3.8) is 0 Å². The second-order valence-corrected chi connectivity index (χ2v) is 5.68. The molecule has 0 unspecified atom stereocenters. The van der Waals surface area contributed by atoms with Crippen LogP contribution in [-0.4, -0.2) is 25.6 Å². The molecule has 0 aliphatic carbocycles. The van der Waals surface area contributed by atoms with Crippen molar-refractivity contribution in [2.24, 2.45) is 10.7 Å². The number of nitrogens with two attached hydrogens (primary N) is 1. The molecule has 22 heavy (non-hydrogen) atoms. The number of carbonyl (C=O) groups is 1. The minimum Gasteiger partial charge on any atom is -0.465 e. The maximum absolute atomic E-state index is 11.5. The van der Waals surface area contributed by atoms with Crippen LogP contribution in [0, 0.1) is 0 Å². The van der Waals surface area contributed by atoms with Crippen molar-refractivity contribution < 1.29 is 9.53 Å². The Labute approximate surface area is 133 Å². The number of nitrogens with zero attached hydrogens (tertiary/aromatic N) is 1. The van der Waals surface area contributed by atoms with Crippen molar-refractivity contribution in [1.82, 2.24) is 5.32 Å². The average molecular weight is 317 g/mol. The molecule has 0 aliphatic rings. The number of rotatable bonds is 6. The summed E-state index contributed by atoms with van der Waals surface area (Å²) in [7, 11) is 1.36. The van der Waals surface area contributed by atoms with E-state index in [-0.39, 0.29) is 5.97 Å². The number of hydrogen-bond acceptors (Lipinski definition) is 4. The van der Waals surface area contributed by atoms with E-state index in [9.17, 15) is 4.79 Å². The van der Waals surface area contributed by atoms with Crippen molar-refractivity contribution in [2.75, 3.05) is 13.7 Å². The van der Waals surface area contributed by atoms with Gasteiger partial charge in [-0.2, -0.15) is 0 Å². The second kappa shape index (κ2) is 8.19. The number of nitrogens with one attached hydrogen (secondary N) is 1. The summed E-state index contributed by atoms with van der Waals surface area (Å²) >= 11 is 1.73. The molecule has 6 heteroatoms. The fourth-order valence-electron chi connectivity index (χ4n) is 1.92. The number of hydrogen-bond donors (Lipinski definition) is 2. The van der Waals surface area contributed by atoms with E-state index in [2.05, 4.69) is 21.8 Å². The van der Waals surface area contributed by atoms with Crippen molar-refractivity contribution in [2.45, 2.75) is 13.0 Å². The molecular weight excluding hydrogens is 298 g/mol. The minimum absolute atomic E-state index is 0.354. The SMILES string of the molecule is COC(=O)c1cccc(CN=C(N)NCCc2cccs2)c1. The molecule has 0 atom stereocenters. The standard InChI is InChI=1S/C16H19N3O2S/c1-21-15(20)13-5-2-4-12(10-13)11-19-16(17)18-8-7-14-6-3-9-22-14/h2-6,9-10H,7-8,11H2,1H3,(H3,17,18,19). The van der Waals surface area contributed by atoms with E-state index >= 15 is 0 Å². The largest absolute Gasteiger partial charge is 0.465 e. The molecule has 0 saturated carbocycles. The van der Waals surface area contributed by atoms with Crippen molar-refractivity contribution in [1.29, 1.82) is 0 Å². The van der Waals surface area contributed by atoms with Gasteiger partial charge in [0.15, 0.2) is 5.96 Å². The molecule has 116 valence electrons. The Bertz CT molecular complexity index is 639. The van der Waals surface area contributed by atoms with Gasteiger partial charge < -0.3 is 15.8 Å². The number of thiophene rings is 1. The molecule has 0 bridgehead atoms. The van der Waals surface area contributed by atoms with Crippen LogP contribution in [0.4, 0.5) is 0 Å². The van der Waals surface area contributed by atoms with Gasteiger partial charge in [0.05, 0.1) is 19.2 Å². The van der Waals surface area contributed by atoms with Crippen LogP contribution in [0.1, 0.15) is 20.8 Å². The molecule has 0 fully saturated rings. The summed E-state index contributed by atoms with van der Waals surface area (Å²) in [6, 6.07) is 11.3. The highest BCUT2D eigenvalue weighted by atomic mass is 32.1. The summed E-state index contributed by atoms with van der Waals surface area (Å²) in [5.41, 5.74) is 7.26. The van der Waals surface area contributed by atoms with Crippen LogP contribution in [-0.2, 0) is 17.7 Å². The van der Waals surface area contributed by atoms with Gasteiger partial charge in [0, 0.05) is 11.4 Å². The first kappa shape index (κ1) is 16.0. The van der Waals surface area contributed by atoms with Gasteiger partial charge in [0.2, 0.25) is 0 Å². The number of esters is 1. The zero-order chi connectivity index (χ0) is 15.8. The van der Waals surface area contributed by atoms with Gasteiger partial charge >= 0.3 is 5.97 Å². The summed E-state index contributed by atoms with van der Waals surface area (Å²) < 4.78 is 4.69. The molecule has 1 aromatic carbocycles. The molecule has 2 aromatic rings. The van der Waals surface area contributed by atoms with Gasteiger partial charge in [-0.3, -0.25) is 0 Å². The first-order valence-corrected chi connectivity index (χ1v) is 7.80. The van der Waals surface area contributed by atoms with Gasteiger partial charge in [-0.1, -0.05) is 18.2 Å². The van der Waals surface area contributed by atoms with Gasteiger partial charge in [-0.15, -0.1) is 11.3 Å². The summed E-state index contributed by atoms with van der Waals surface area (Å²) in [5, 5.41) is 5.14. The fourth-order valence-corrected chi connectivity index (χ4v) is 2.62. The smallest absolute Gasteiger partial charge is 0.337 e. The third-order valence-electron chi connectivity index (χ3n) is 3.04. The average Bonchev–Trinajstić information content (AvgIpc) is 3.06. The summed E-state index contributed by atoms with van der Waals surface area (Å²) in [6.07, 6.45) is 0.922. The highest BCUT2D eigenvalue weighted by Gasteiger charge is 2.05. The van der Waals surface area contributed by atoms with Crippen molar-refractivity contribution in [3.05, 3.63) is 57.8 Å². The number of carbonyl (C=O) groups excluding carboxylic acids is 1. The number of aliphatic imine (C=N–C) groups is 1. The Hall–Kier alpha value is -2.34. The van der Waals surface area contributed by atoms with Crippen LogP contribution in [0.2, 0.25) is 0 Å². The number of benzene rings is 1. The number of ether oxygens (including phenoxy) is 1. The Morgan fingerprint density at radius 2 is 2.23 bits per heavy atom. The minimum atomic E-state index is -0.354. The topological polar surface area (TPSA) is 76.7 Å². The highest BCUT2D eigenvalue weighted by Crippen LogP contribution is 2.09. The Balaban J connectivity index is 1.83. The van der Waals surface area contributed by atoms with E-state index in [0.717, 1.165) is 18.5 Å². The van der Waals surface area contributed by atoms with Crippen LogP contribution < -0.4 is 11.1 Å². The summed E-state index contributed by atoms with van der Waals surface area (Å²) in [4.78, 5) is 17.0. The number of methoxy groups -OCH3 is 1. The summed E-state index contributed by atoms with van der Waals surface area (Å²) in [5.74, 6) is 0.0490. The van der Waals surface area contributed by atoms with Crippen LogP contribution in [0.25, 0.3) is 0 Å². The lowest BCUT2D eigenvalue weighted by atomic mass is 10.1. The van der Waals surface area contributed by atoms with Gasteiger partial charge in [0.25, 0.3) is 0 Å². The van der Waals surface area contributed by atoms with E-state index in [4.69, 9.17) is 10.5 Å². The molecular formula is C16H19N3O2S. The quantitative estimate of drug-likeness (QED) is 0.486. The molecule has 0 aliphatic heterocycles. The summed E-state index contributed by atoms with van der Waals surface area (Å²) in [6.45, 7) is 1.17. The van der Waals surface area contributed by atoms with E-state index in [1.165, 1.54) is 12.0 Å². The third-order valence-corrected chi connectivity index (χ3v) is 3.97. The Morgan fingerprint density at radius 1 is 1.36 bits per heavy atom. The second-order valence-electron chi connectivity index (χ2n) is 4.65. The molecule has 0 saturated heterocycles. The first-order valence-electron chi connectivity index (χ1n) is 6.92. The van der Waals surface area contributed by atoms with Crippen molar-refractivity contribution >= 4 is 23.3 Å². The van der Waals surface area contributed by atoms with Crippen LogP contribution in [0.3, 0.4) is 0 Å². The highest BCUT2D eigenvalue weighted by molar-refractivity contribution is 7.09. The monoisotopic (exact) mass is 317 g/mol. The predicted molar refractivity (Wildman–Crippen MR) is 89.1 cm³/mol. The Kier molecular flexibility index (Phi) is 5.97. The lowest BCUT2D eigenvalue weighted by molar-refractivity contribution is 0.0600. The maximum atomic E-state index is 11.5. The lowest BCUT2D eigenvalue weighted by Crippen LogP contribution is -2.33. The van der Waals surface area contributed by atoms with Gasteiger partial charge in [-0.05, 0) is 35.6 Å². The van der Waals surface area contributed by atoms with Crippen LogP contribution in [0.15, 0.2) is 46.8 Å².